The number of aromatic nitrogens is 2. The first kappa shape index (κ1) is 26.3. The molecule has 0 saturated carbocycles. The number of nitrogens with zero attached hydrogens (tertiary/aromatic N) is 2. The molecule has 3 aromatic rings. The van der Waals surface area contributed by atoms with Gasteiger partial charge in [-0.05, 0) is 81.8 Å². The molecule has 0 bridgehead atoms. The van der Waals surface area contributed by atoms with Gasteiger partial charge >= 0.3 is 0 Å². The smallest absolute Gasteiger partial charge is 0.261 e. The number of carbonyl (C=O) groups is 1. The lowest BCUT2D eigenvalue weighted by Gasteiger charge is -2.19. The molecule has 0 aliphatic heterocycles. The maximum Gasteiger partial charge on any atom is 0.261 e. The van der Waals surface area contributed by atoms with Gasteiger partial charge in [-0.2, -0.15) is 4.98 Å². The number of carbonyl (C=O) groups excluding carboxylic acids is 1. The highest BCUT2D eigenvalue weighted by molar-refractivity contribution is 7.92. The standard InChI is InChI=1S/C24H30FN5O4S/c1-24(2,16-25)23(31)27-18-9-11-19(12-10-18)30-35(32,33)20-13-7-17(8-14-20)22-28-21(34-29-22)6-4-3-5-15-26/h7-14,30H,3-6,15-16,26H2,1-2H3,(H,27,31). The van der Waals surface area contributed by atoms with Crippen LogP contribution in [0.3, 0.4) is 0 Å². The first-order valence-electron chi connectivity index (χ1n) is 11.3. The number of anilines is 2. The van der Waals surface area contributed by atoms with Crippen LogP contribution in [-0.4, -0.2) is 37.7 Å². The largest absolute Gasteiger partial charge is 0.339 e. The first-order chi connectivity index (χ1) is 16.6. The zero-order chi connectivity index (χ0) is 25.5. The molecule has 0 atom stereocenters. The number of hydrogen-bond donors (Lipinski definition) is 3. The second kappa shape index (κ2) is 11.4. The molecule has 1 heterocycles. The zero-order valence-electron chi connectivity index (χ0n) is 19.8. The van der Waals surface area contributed by atoms with Crippen LogP contribution in [0.15, 0.2) is 57.9 Å². The molecule has 3 rings (SSSR count). The number of hydrogen-bond acceptors (Lipinski definition) is 7. The molecule has 188 valence electrons. The average molecular weight is 504 g/mol. The third-order valence-electron chi connectivity index (χ3n) is 5.33. The van der Waals surface area contributed by atoms with E-state index in [0.29, 0.717) is 41.6 Å². The SMILES string of the molecule is CC(C)(CF)C(=O)Nc1ccc(NS(=O)(=O)c2ccc(-c3noc(CCCCCN)n3)cc2)cc1. The zero-order valence-corrected chi connectivity index (χ0v) is 20.6. The number of benzene rings is 2. The van der Waals surface area contributed by atoms with Crippen LogP contribution in [0.5, 0.6) is 0 Å². The summed E-state index contributed by atoms with van der Waals surface area (Å²) >= 11 is 0. The van der Waals surface area contributed by atoms with Gasteiger partial charge in [-0.1, -0.05) is 11.6 Å². The Bertz CT molecular complexity index is 1230. The quantitative estimate of drug-likeness (QED) is 0.316. The second-order valence-electron chi connectivity index (χ2n) is 8.79. The molecule has 35 heavy (non-hydrogen) atoms. The highest BCUT2D eigenvalue weighted by Gasteiger charge is 2.27. The Morgan fingerprint density at radius 1 is 1.03 bits per heavy atom. The number of amides is 1. The van der Waals surface area contributed by atoms with Gasteiger partial charge in [0.1, 0.15) is 6.67 Å². The van der Waals surface area contributed by atoms with Gasteiger partial charge < -0.3 is 15.6 Å². The lowest BCUT2D eigenvalue weighted by atomic mass is 9.94. The minimum absolute atomic E-state index is 0.0637. The van der Waals surface area contributed by atoms with Crippen molar-refractivity contribution < 1.29 is 22.1 Å². The highest BCUT2D eigenvalue weighted by atomic mass is 32.2. The number of rotatable bonds is 12. The minimum atomic E-state index is -3.85. The Balaban J connectivity index is 1.62. The molecule has 1 amide bonds. The summed E-state index contributed by atoms with van der Waals surface area (Å²) in [6.07, 6.45) is 3.51. The third kappa shape index (κ3) is 7.09. The molecule has 9 nitrogen and oxygen atoms in total. The lowest BCUT2D eigenvalue weighted by Crippen LogP contribution is -2.32. The van der Waals surface area contributed by atoms with E-state index < -0.39 is 28.0 Å². The van der Waals surface area contributed by atoms with Gasteiger partial charge in [0.15, 0.2) is 0 Å². The third-order valence-corrected chi connectivity index (χ3v) is 6.73. The Morgan fingerprint density at radius 3 is 2.31 bits per heavy atom. The topological polar surface area (TPSA) is 140 Å². The number of halogens is 1. The lowest BCUT2D eigenvalue weighted by molar-refractivity contribution is -0.124. The van der Waals surface area contributed by atoms with E-state index in [1.807, 2.05) is 0 Å². The van der Waals surface area contributed by atoms with Gasteiger partial charge in [-0.15, -0.1) is 0 Å². The Kier molecular flexibility index (Phi) is 8.57. The molecular formula is C24H30FN5O4S. The van der Waals surface area contributed by atoms with Crippen LogP contribution in [0.4, 0.5) is 15.8 Å². The molecule has 2 aromatic carbocycles. The first-order valence-corrected chi connectivity index (χ1v) is 12.8. The Labute approximate surface area is 204 Å². The highest BCUT2D eigenvalue weighted by Crippen LogP contribution is 2.23. The van der Waals surface area contributed by atoms with Crippen molar-refractivity contribution >= 4 is 27.3 Å². The number of alkyl halides is 1. The molecule has 11 heteroatoms. The number of aryl methyl sites for hydroxylation is 1. The Morgan fingerprint density at radius 2 is 1.69 bits per heavy atom. The maximum atomic E-state index is 13.0. The van der Waals surface area contributed by atoms with Gasteiger partial charge in [-0.3, -0.25) is 9.52 Å². The summed E-state index contributed by atoms with van der Waals surface area (Å²) in [6, 6.07) is 12.3. The van der Waals surface area contributed by atoms with Crippen molar-refractivity contribution in [1.29, 1.82) is 0 Å². The van der Waals surface area contributed by atoms with Crippen molar-refractivity contribution in [2.75, 3.05) is 23.3 Å². The molecule has 0 aliphatic carbocycles. The maximum absolute atomic E-state index is 13.0. The molecule has 1 aromatic heterocycles. The predicted molar refractivity (Wildman–Crippen MR) is 132 cm³/mol. The fourth-order valence-electron chi connectivity index (χ4n) is 3.05. The molecule has 0 fully saturated rings. The summed E-state index contributed by atoms with van der Waals surface area (Å²) in [4.78, 5) is 16.5. The molecular weight excluding hydrogens is 473 g/mol. The van der Waals surface area contributed by atoms with E-state index >= 15 is 0 Å². The normalized spacial score (nSPS) is 11.9. The van der Waals surface area contributed by atoms with Crippen LogP contribution >= 0.6 is 0 Å². The predicted octanol–water partition coefficient (Wildman–Crippen LogP) is 4.14. The fraction of sp³-hybridized carbons (Fsp3) is 0.375. The fourth-order valence-corrected chi connectivity index (χ4v) is 4.11. The minimum Gasteiger partial charge on any atom is -0.339 e. The summed E-state index contributed by atoms with van der Waals surface area (Å²) in [5.41, 5.74) is 5.72. The van der Waals surface area contributed by atoms with Crippen LogP contribution in [0.25, 0.3) is 11.4 Å². The van der Waals surface area contributed by atoms with Crippen molar-refractivity contribution in [2.24, 2.45) is 11.1 Å². The van der Waals surface area contributed by atoms with E-state index in [9.17, 15) is 17.6 Å². The summed E-state index contributed by atoms with van der Waals surface area (Å²) < 4.78 is 46.3. The van der Waals surface area contributed by atoms with E-state index in [1.54, 1.807) is 12.1 Å². The summed E-state index contributed by atoms with van der Waals surface area (Å²) in [7, 11) is -3.85. The molecule has 4 N–H and O–H groups in total. The van der Waals surface area contributed by atoms with E-state index in [2.05, 4.69) is 20.2 Å². The van der Waals surface area contributed by atoms with Crippen molar-refractivity contribution in [3.63, 3.8) is 0 Å². The van der Waals surface area contributed by atoms with E-state index in [-0.39, 0.29) is 4.90 Å². The Hall–Kier alpha value is -3.31. The summed E-state index contributed by atoms with van der Waals surface area (Å²) in [6.45, 7) is 2.86. The molecule has 0 saturated heterocycles. The van der Waals surface area contributed by atoms with Gasteiger partial charge in [0, 0.05) is 23.4 Å². The van der Waals surface area contributed by atoms with Gasteiger partial charge in [0.2, 0.25) is 17.6 Å². The number of sulfonamides is 1. The van der Waals surface area contributed by atoms with Crippen LogP contribution in [0, 0.1) is 5.41 Å². The number of unbranched alkanes of at least 4 members (excludes halogenated alkanes) is 2. The number of nitrogens with two attached hydrogens (primary N) is 1. The van der Waals surface area contributed by atoms with Crippen LogP contribution in [0.2, 0.25) is 0 Å². The van der Waals surface area contributed by atoms with Crippen LogP contribution in [0.1, 0.15) is 39.0 Å². The van der Waals surface area contributed by atoms with Crippen molar-refractivity contribution in [2.45, 2.75) is 44.4 Å². The van der Waals surface area contributed by atoms with Gasteiger partial charge in [0.25, 0.3) is 10.0 Å². The number of nitrogens with one attached hydrogen (secondary N) is 2. The molecule has 0 spiro atoms. The van der Waals surface area contributed by atoms with Crippen molar-refractivity contribution in [1.82, 2.24) is 10.1 Å². The van der Waals surface area contributed by atoms with Crippen molar-refractivity contribution in [3.05, 3.63) is 54.4 Å². The van der Waals surface area contributed by atoms with E-state index in [0.717, 1.165) is 19.3 Å². The van der Waals surface area contributed by atoms with Crippen molar-refractivity contribution in [3.8, 4) is 11.4 Å². The summed E-state index contributed by atoms with van der Waals surface area (Å²) in [5, 5.41) is 6.58. The van der Waals surface area contributed by atoms with E-state index in [4.69, 9.17) is 10.3 Å². The molecule has 0 unspecified atom stereocenters. The molecule has 0 aliphatic rings. The van der Waals surface area contributed by atoms with Crippen LogP contribution in [-0.2, 0) is 21.2 Å². The molecule has 0 radical (unpaired) electrons. The summed E-state index contributed by atoms with van der Waals surface area (Å²) in [5.74, 6) is 0.460. The average Bonchev–Trinajstić information content (AvgIpc) is 3.32. The van der Waals surface area contributed by atoms with Crippen LogP contribution < -0.4 is 15.8 Å². The monoisotopic (exact) mass is 503 g/mol. The second-order valence-corrected chi connectivity index (χ2v) is 10.5. The van der Waals surface area contributed by atoms with Gasteiger partial charge in [-0.25, -0.2) is 12.8 Å². The van der Waals surface area contributed by atoms with Gasteiger partial charge in [0.05, 0.1) is 10.3 Å². The van der Waals surface area contributed by atoms with E-state index in [1.165, 1.54) is 50.2 Å².